The average Bonchev–Trinajstić information content (AvgIpc) is 2.28. The van der Waals surface area contributed by atoms with Crippen LogP contribution in [0.25, 0.3) is 0 Å². The first-order valence-electron chi connectivity index (χ1n) is 5.84. The molecule has 100 valence electrons. The van der Waals surface area contributed by atoms with Gasteiger partial charge in [0, 0.05) is 11.8 Å². The quantitative estimate of drug-likeness (QED) is 0.846. The molecule has 1 aromatic rings. The van der Waals surface area contributed by atoms with E-state index in [0.717, 1.165) is 0 Å². The van der Waals surface area contributed by atoms with E-state index in [9.17, 15) is 9.18 Å². The van der Waals surface area contributed by atoms with Gasteiger partial charge in [0.05, 0.1) is 13.2 Å². The second kappa shape index (κ2) is 6.35. The molecular weight excluding hydrogens is 235 g/mol. The number of anilines is 1. The Bertz CT molecular complexity index is 421. The van der Waals surface area contributed by atoms with E-state index in [1.165, 1.54) is 19.2 Å². The summed E-state index contributed by atoms with van der Waals surface area (Å²) in [6.45, 7) is 3.97. The molecule has 4 nitrogen and oxygen atoms in total. The van der Waals surface area contributed by atoms with Gasteiger partial charge in [-0.3, -0.25) is 4.79 Å². The zero-order chi connectivity index (χ0) is 13.7. The highest BCUT2D eigenvalue weighted by molar-refractivity contribution is 5.94. The van der Waals surface area contributed by atoms with E-state index in [4.69, 9.17) is 10.5 Å². The summed E-state index contributed by atoms with van der Waals surface area (Å²) in [7, 11) is 1.38. The van der Waals surface area contributed by atoms with Gasteiger partial charge in [-0.25, -0.2) is 4.39 Å². The molecule has 0 radical (unpaired) electrons. The summed E-state index contributed by atoms with van der Waals surface area (Å²) in [5, 5.41) is 2.58. The molecule has 1 aromatic carbocycles. The number of rotatable bonds is 5. The van der Waals surface area contributed by atoms with Gasteiger partial charge >= 0.3 is 0 Å². The van der Waals surface area contributed by atoms with Crippen molar-refractivity contribution in [3.8, 4) is 5.75 Å². The van der Waals surface area contributed by atoms with E-state index in [2.05, 4.69) is 5.32 Å². The number of hydrogen-bond donors (Lipinski definition) is 2. The van der Waals surface area contributed by atoms with Crippen LogP contribution < -0.4 is 15.8 Å². The molecule has 0 bridgehead atoms. The number of benzene rings is 1. The van der Waals surface area contributed by atoms with Gasteiger partial charge < -0.3 is 15.8 Å². The standard InChI is InChI=1S/C13H19FN2O2/c1-8(2)6-11(15)13(17)16-9-4-5-12(18-3)10(14)7-9/h4-5,7-8,11H,6,15H2,1-3H3,(H,16,17)/t11-/m0/s1. The molecule has 0 aliphatic carbocycles. The first kappa shape index (κ1) is 14.4. The van der Waals surface area contributed by atoms with Crippen molar-refractivity contribution in [2.45, 2.75) is 26.3 Å². The zero-order valence-electron chi connectivity index (χ0n) is 10.9. The van der Waals surface area contributed by atoms with Crippen LogP contribution in [0.4, 0.5) is 10.1 Å². The minimum absolute atomic E-state index is 0.138. The van der Waals surface area contributed by atoms with Crippen LogP contribution in [0.2, 0.25) is 0 Å². The first-order valence-corrected chi connectivity index (χ1v) is 5.84. The van der Waals surface area contributed by atoms with E-state index in [1.54, 1.807) is 6.07 Å². The van der Waals surface area contributed by atoms with Gasteiger partial charge in [0.25, 0.3) is 0 Å². The summed E-state index contributed by atoms with van der Waals surface area (Å²) in [4.78, 5) is 11.7. The summed E-state index contributed by atoms with van der Waals surface area (Å²) in [6.07, 6.45) is 0.588. The smallest absolute Gasteiger partial charge is 0.241 e. The van der Waals surface area contributed by atoms with Gasteiger partial charge in [0.2, 0.25) is 5.91 Å². The Morgan fingerprint density at radius 3 is 2.67 bits per heavy atom. The van der Waals surface area contributed by atoms with E-state index < -0.39 is 11.9 Å². The maximum absolute atomic E-state index is 13.4. The molecule has 0 saturated heterocycles. The topological polar surface area (TPSA) is 64.3 Å². The molecule has 18 heavy (non-hydrogen) atoms. The second-order valence-corrected chi connectivity index (χ2v) is 4.57. The zero-order valence-corrected chi connectivity index (χ0v) is 10.9. The molecule has 1 rings (SSSR count). The monoisotopic (exact) mass is 254 g/mol. The second-order valence-electron chi connectivity index (χ2n) is 4.57. The molecule has 0 unspecified atom stereocenters. The maximum Gasteiger partial charge on any atom is 0.241 e. The van der Waals surface area contributed by atoms with Crippen LogP contribution in [0.5, 0.6) is 5.75 Å². The van der Waals surface area contributed by atoms with E-state index in [-0.39, 0.29) is 11.7 Å². The lowest BCUT2D eigenvalue weighted by molar-refractivity contribution is -0.117. The van der Waals surface area contributed by atoms with E-state index in [0.29, 0.717) is 18.0 Å². The normalized spacial score (nSPS) is 12.3. The fraction of sp³-hybridized carbons (Fsp3) is 0.462. The molecule has 1 amide bonds. The highest BCUT2D eigenvalue weighted by Crippen LogP contribution is 2.20. The summed E-state index contributed by atoms with van der Waals surface area (Å²) in [5.74, 6) is -0.362. The lowest BCUT2D eigenvalue weighted by atomic mass is 10.0. The molecule has 0 aromatic heterocycles. The lowest BCUT2D eigenvalue weighted by Crippen LogP contribution is -2.36. The number of hydrogen-bond acceptors (Lipinski definition) is 3. The van der Waals surface area contributed by atoms with Crippen LogP contribution in [0.15, 0.2) is 18.2 Å². The Kier molecular flexibility index (Phi) is 5.09. The van der Waals surface area contributed by atoms with Gasteiger partial charge in [-0.2, -0.15) is 0 Å². The van der Waals surface area contributed by atoms with Crippen LogP contribution in [0, 0.1) is 11.7 Å². The molecule has 5 heteroatoms. The van der Waals surface area contributed by atoms with Gasteiger partial charge in [-0.15, -0.1) is 0 Å². The number of carbonyl (C=O) groups excluding carboxylic acids is 1. The van der Waals surface area contributed by atoms with Crippen LogP contribution >= 0.6 is 0 Å². The van der Waals surface area contributed by atoms with Crippen molar-refractivity contribution in [1.29, 1.82) is 0 Å². The number of ether oxygens (including phenoxy) is 1. The van der Waals surface area contributed by atoms with Crippen molar-refractivity contribution in [2.24, 2.45) is 11.7 Å². The first-order chi connectivity index (χ1) is 8.43. The van der Waals surface area contributed by atoms with Crippen molar-refractivity contribution in [2.75, 3.05) is 12.4 Å². The Morgan fingerprint density at radius 2 is 2.17 bits per heavy atom. The molecule has 0 saturated carbocycles. The van der Waals surface area contributed by atoms with Crippen molar-refractivity contribution in [1.82, 2.24) is 0 Å². The van der Waals surface area contributed by atoms with Crippen LogP contribution in [0.1, 0.15) is 20.3 Å². The average molecular weight is 254 g/mol. The largest absolute Gasteiger partial charge is 0.494 e. The SMILES string of the molecule is COc1ccc(NC(=O)[C@@H](N)CC(C)C)cc1F. The number of halogens is 1. The maximum atomic E-state index is 13.4. The number of nitrogens with one attached hydrogen (secondary N) is 1. The highest BCUT2D eigenvalue weighted by Gasteiger charge is 2.15. The Balaban J connectivity index is 2.67. The molecular formula is C13H19FN2O2. The van der Waals surface area contributed by atoms with Crippen molar-refractivity contribution in [3.05, 3.63) is 24.0 Å². The van der Waals surface area contributed by atoms with Crippen molar-refractivity contribution in [3.63, 3.8) is 0 Å². The summed E-state index contributed by atoms with van der Waals surface area (Å²) < 4.78 is 18.2. The van der Waals surface area contributed by atoms with E-state index >= 15 is 0 Å². The number of methoxy groups -OCH3 is 1. The van der Waals surface area contributed by atoms with E-state index in [1.807, 2.05) is 13.8 Å². The molecule has 3 N–H and O–H groups in total. The predicted octanol–water partition coefficient (Wildman–Crippen LogP) is 2.15. The minimum atomic E-state index is -0.588. The number of nitrogens with two attached hydrogens (primary N) is 1. The Morgan fingerprint density at radius 1 is 1.50 bits per heavy atom. The molecule has 0 spiro atoms. The number of carbonyl (C=O) groups is 1. The Hall–Kier alpha value is -1.62. The van der Waals surface area contributed by atoms with Crippen molar-refractivity contribution < 1.29 is 13.9 Å². The van der Waals surface area contributed by atoms with Crippen LogP contribution in [0.3, 0.4) is 0 Å². The van der Waals surface area contributed by atoms with Crippen molar-refractivity contribution >= 4 is 11.6 Å². The third kappa shape index (κ3) is 4.00. The number of amides is 1. The summed E-state index contributed by atoms with van der Waals surface area (Å²) in [5.41, 5.74) is 6.10. The predicted molar refractivity (Wildman–Crippen MR) is 69.0 cm³/mol. The van der Waals surface area contributed by atoms with Crippen LogP contribution in [-0.4, -0.2) is 19.1 Å². The molecule has 0 aliphatic heterocycles. The van der Waals surface area contributed by atoms with Gasteiger partial charge in [-0.1, -0.05) is 13.8 Å². The molecule has 0 heterocycles. The Labute approximate surface area is 106 Å². The van der Waals surface area contributed by atoms with Gasteiger partial charge in [0.15, 0.2) is 11.6 Å². The molecule has 1 atom stereocenters. The van der Waals surface area contributed by atoms with Gasteiger partial charge in [0.1, 0.15) is 0 Å². The fourth-order valence-electron chi connectivity index (χ4n) is 1.59. The van der Waals surface area contributed by atoms with Gasteiger partial charge in [-0.05, 0) is 24.5 Å². The fourth-order valence-corrected chi connectivity index (χ4v) is 1.59. The molecule has 0 aliphatic rings. The highest BCUT2D eigenvalue weighted by atomic mass is 19.1. The minimum Gasteiger partial charge on any atom is -0.494 e. The third-order valence-corrected chi connectivity index (χ3v) is 2.48. The lowest BCUT2D eigenvalue weighted by Gasteiger charge is -2.14. The van der Waals surface area contributed by atoms with Crippen LogP contribution in [-0.2, 0) is 4.79 Å². The third-order valence-electron chi connectivity index (χ3n) is 2.48. The summed E-state index contributed by atoms with van der Waals surface area (Å²) in [6, 6.07) is 3.65. The molecule has 0 fully saturated rings. The summed E-state index contributed by atoms with van der Waals surface area (Å²) >= 11 is 0.